The highest BCUT2D eigenvalue weighted by Gasteiger charge is 2.31. The van der Waals surface area contributed by atoms with Crippen LogP contribution in [0.5, 0.6) is 0 Å². The van der Waals surface area contributed by atoms with Crippen LogP contribution in [0.1, 0.15) is 50.1 Å². The predicted octanol–water partition coefficient (Wildman–Crippen LogP) is 3.46. The normalized spacial score (nSPS) is 17.8. The first-order chi connectivity index (χ1) is 18.2. The number of aromatic amines is 1. The molecule has 1 aliphatic carbocycles. The lowest BCUT2D eigenvalue weighted by Crippen LogP contribution is -2.39. The molecule has 1 aliphatic heterocycles. The Morgan fingerprint density at radius 2 is 1.97 bits per heavy atom. The number of hydroxylamine groups is 2. The summed E-state index contributed by atoms with van der Waals surface area (Å²) in [5.74, 6) is -1.28. The lowest BCUT2D eigenvalue weighted by molar-refractivity contribution is -0.173. The first-order valence-corrected chi connectivity index (χ1v) is 13.5. The van der Waals surface area contributed by atoms with Crippen LogP contribution in [0.3, 0.4) is 0 Å². The van der Waals surface area contributed by atoms with Crippen molar-refractivity contribution in [3.05, 3.63) is 62.0 Å². The fourth-order valence-corrected chi connectivity index (χ4v) is 6.07. The standard InChI is InChI=1S/C26H29ClN6O4S/c1-32-9-8-19-22(13-32)38-25(31-19)24(35)30-20-11-14(26(36)33(2)37-3)4-6-18(20)29-23(34)21-12-15-10-16(27)5-7-17(15)28-21/h5,7,10,12,14,28H,4,6,8-9,11,13H2,1-3H3,(H,29,34)(H,30,35)/t14-/m0/s1. The van der Waals surface area contributed by atoms with E-state index in [0.717, 1.165) is 41.0 Å². The topological polar surface area (TPSA) is 120 Å². The van der Waals surface area contributed by atoms with E-state index in [1.807, 2.05) is 13.1 Å². The van der Waals surface area contributed by atoms with Crippen molar-refractivity contribution in [3.63, 3.8) is 0 Å². The second-order valence-corrected chi connectivity index (χ2v) is 11.1. The molecule has 10 nitrogen and oxygen atoms in total. The third-order valence-electron chi connectivity index (χ3n) is 6.96. The number of fused-ring (bicyclic) bond motifs is 2. The van der Waals surface area contributed by atoms with Gasteiger partial charge in [0.2, 0.25) is 5.91 Å². The number of nitrogens with one attached hydrogen (secondary N) is 3. The maximum Gasteiger partial charge on any atom is 0.284 e. The summed E-state index contributed by atoms with van der Waals surface area (Å²) in [5, 5.41) is 8.88. The maximum absolute atomic E-state index is 13.3. The number of allylic oxidation sites excluding steroid dienone is 2. The second-order valence-electron chi connectivity index (χ2n) is 9.61. The number of likely N-dealkylation sites (N-methyl/N-ethyl adjacent to an activating group) is 1. The van der Waals surface area contributed by atoms with E-state index in [1.165, 1.54) is 23.5 Å². The zero-order valence-corrected chi connectivity index (χ0v) is 23.0. The molecule has 2 aromatic heterocycles. The van der Waals surface area contributed by atoms with Crippen LogP contribution in [0.2, 0.25) is 5.02 Å². The number of rotatable bonds is 6. The van der Waals surface area contributed by atoms with Gasteiger partial charge in [-0.05, 0) is 44.2 Å². The minimum absolute atomic E-state index is 0.190. The van der Waals surface area contributed by atoms with Crippen LogP contribution in [0.25, 0.3) is 10.9 Å². The van der Waals surface area contributed by atoms with Gasteiger partial charge in [-0.2, -0.15) is 0 Å². The average molecular weight is 557 g/mol. The molecule has 3 aromatic rings. The van der Waals surface area contributed by atoms with Gasteiger partial charge >= 0.3 is 0 Å². The van der Waals surface area contributed by atoms with Crippen molar-refractivity contribution < 1.29 is 19.2 Å². The number of nitrogens with zero attached hydrogens (tertiary/aromatic N) is 3. The number of carbonyl (C=O) groups excluding carboxylic acids is 3. The lowest BCUT2D eigenvalue weighted by Gasteiger charge is -2.29. The molecule has 12 heteroatoms. The molecule has 0 fully saturated rings. The first kappa shape index (κ1) is 26.4. The molecule has 2 aliphatic rings. The van der Waals surface area contributed by atoms with Gasteiger partial charge in [-0.3, -0.25) is 19.2 Å². The highest BCUT2D eigenvalue weighted by Crippen LogP contribution is 2.30. The molecule has 38 heavy (non-hydrogen) atoms. The lowest BCUT2D eigenvalue weighted by atomic mass is 9.89. The minimum Gasteiger partial charge on any atom is -0.351 e. The average Bonchev–Trinajstić information content (AvgIpc) is 3.52. The van der Waals surface area contributed by atoms with E-state index in [1.54, 1.807) is 25.2 Å². The number of benzene rings is 1. The van der Waals surface area contributed by atoms with Crippen LogP contribution in [0.4, 0.5) is 0 Å². The second kappa shape index (κ2) is 10.9. The largest absolute Gasteiger partial charge is 0.351 e. The van der Waals surface area contributed by atoms with E-state index in [9.17, 15) is 14.4 Å². The summed E-state index contributed by atoms with van der Waals surface area (Å²) in [5.41, 5.74) is 3.19. The zero-order chi connectivity index (χ0) is 27.0. The highest BCUT2D eigenvalue weighted by molar-refractivity contribution is 7.13. The molecule has 1 atom stereocenters. The van der Waals surface area contributed by atoms with Gasteiger partial charge < -0.3 is 20.5 Å². The molecule has 5 rings (SSSR count). The molecule has 0 saturated carbocycles. The van der Waals surface area contributed by atoms with Gasteiger partial charge in [-0.25, -0.2) is 10.0 Å². The third kappa shape index (κ3) is 5.46. The number of aromatic nitrogens is 2. The van der Waals surface area contributed by atoms with Crippen LogP contribution in [0.15, 0.2) is 35.7 Å². The van der Waals surface area contributed by atoms with E-state index in [4.69, 9.17) is 16.4 Å². The predicted molar refractivity (Wildman–Crippen MR) is 145 cm³/mol. The van der Waals surface area contributed by atoms with Crippen molar-refractivity contribution in [3.8, 4) is 0 Å². The first-order valence-electron chi connectivity index (χ1n) is 12.3. The van der Waals surface area contributed by atoms with E-state index < -0.39 is 5.92 Å². The number of carbonyl (C=O) groups is 3. The molecule has 0 saturated heterocycles. The number of thiazole rings is 1. The smallest absolute Gasteiger partial charge is 0.284 e. The summed E-state index contributed by atoms with van der Waals surface area (Å²) in [6.45, 7) is 1.66. The Hall–Kier alpha value is -3.25. The summed E-state index contributed by atoms with van der Waals surface area (Å²) in [4.78, 5) is 55.3. The van der Waals surface area contributed by atoms with Crippen LogP contribution < -0.4 is 10.6 Å². The highest BCUT2D eigenvalue weighted by atomic mass is 35.5. The maximum atomic E-state index is 13.3. The van der Waals surface area contributed by atoms with Gasteiger partial charge in [0.05, 0.1) is 12.8 Å². The summed E-state index contributed by atoms with van der Waals surface area (Å²) < 4.78 is 0. The van der Waals surface area contributed by atoms with Crippen molar-refractivity contribution in [2.24, 2.45) is 5.92 Å². The van der Waals surface area contributed by atoms with Gasteiger partial charge in [0, 0.05) is 71.1 Å². The monoisotopic (exact) mass is 556 g/mol. The number of amides is 3. The SMILES string of the molecule is CON(C)C(=O)[C@H]1CCC(NC(=O)c2cc3cc(Cl)ccc3[nH]2)=C(NC(=O)c2nc3c(s2)CN(C)CC3)C1. The Bertz CT molecular complexity index is 1450. The molecular formula is C26H29ClN6O4S. The Labute approximate surface area is 228 Å². The molecule has 3 amide bonds. The van der Waals surface area contributed by atoms with Gasteiger partial charge in [0.1, 0.15) is 5.69 Å². The van der Waals surface area contributed by atoms with Crippen LogP contribution in [-0.2, 0) is 22.6 Å². The Kier molecular flexibility index (Phi) is 7.53. The molecular weight excluding hydrogens is 528 g/mol. The Morgan fingerprint density at radius 3 is 2.76 bits per heavy atom. The number of halogens is 1. The molecule has 1 aromatic carbocycles. The quantitative estimate of drug-likeness (QED) is 0.400. The van der Waals surface area contributed by atoms with E-state index in [-0.39, 0.29) is 24.1 Å². The molecule has 0 bridgehead atoms. The van der Waals surface area contributed by atoms with Crippen LogP contribution in [0, 0.1) is 5.92 Å². The molecule has 3 N–H and O–H groups in total. The summed E-state index contributed by atoms with van der Waals surface area (Å²) in [6, 6.07) is 7.08. The molecule has 0 spiro atoms. The molecule has 200 valence electrons. The van der Waals surface area contributed by atoms with Crippen LogP contribution in [-0.4, -0.2) is 65.4 Å². The van der Waals surface area contributed by atoms with Crippen molar-refractivity contribution in [1.29, 1.82) is 0 Å². The summed E-state index contributed by atoms with van der Waals surface area (Å²) in [6.07, 6.45) is 1.96. The van der Waals surface area contributed by atoms with Gasteiger partial charge in [0.15, 0.2) is 5.01 Å². The number of hydrogen-bond acceptors (Lipinski definition) is 7. The third-order valence-corrected chi connectivity index (χ3v) is 8.28. The summed E-state index contributed by atoms with van der Waals surface area (Å²) in [7, 11) is 5.03. The zero-order valence-electron chi connectivity index (χ0n) is 21.4. The Balaban J connectivity index is 1.40. The van der Waals surface area contributed by atoms with E-state index in [2.05, 4.69) is 25.5 Å². The van der Waals surface area contributed by atoms with E-state index >= 15 is 0 Å². The van der Waals surface area contributed by atoms with Crippen molar-refractivity contribution >= 4 is 51.6 Å². The van der Waals surface area contributed by atoms with Gasteiger partial charge in [-0.1, -0.05) is 11.6 Å². The molecule has 0 radical (unpaired) electrons. The van der Waals surface area contributed by atoms with Crippen molar-refractivity contribution in [2.75, 3.05) is 27.7 Å². The molecule has 0 unspecified atom stereocenters. The fraction of sp³-hybridized carbons (Fsp3) is 0.385. The van der Waals surface area contributed by atoms with Crippen molar-refractivity contribution in [2.45, 2.75) is 32.2 Å². The van der Waals surface area contributed by atoms with Gasteiger partial charge in [0.25, 0.3) is 11.8 Å². The van der Waals surface area contributed by atoms with Gasteiger partial charge in [-0.15, -0.1) is 11.3 Å². The number of hydrogen-bond donors (Lipinski definition) is 3. The van der Waals surface area contributed by atoms with Crippen molar-refractivity contribution in [1.82, 2.24) is 30.6 Å². The van der Waals surface area contributed by atoms with Crippen LogP contribution >= 0.6 is 22.9 Å². The summed E-state index contributed by atoms with van der Waals surface area (Å²) >= 11 is 7.47. The van der Waals surface area contributed by atoms with E-state index in [0.29, 0.717) is 40.0 Å². The minimum atomic E-state index is -0.399. The fourth-order valence-electron chi connectivity index (χ4n) is 4.80. The molecule has 3 heterocycles. The number of H-pyrrole nitrogens is 1. The Morgan fingerprint density at radius 1 is 1.18 bits per heavy atom.